The Hall–Kier alpha value is -2.51. The Morgan fingerprint density at radius 2 is 1.85 bits per heavy atom. The highest BCUT2D eigenvalue weighted by atomic mass is 35.5. The van der Waals surface area contributed by atoms with Gasteiger partial charge in [-0.2, -0.15) is 15.5 Å². The van der Waals surface area contributed by atoms with Gasteiger partial charge in [0.1, 0.15) is 16.3 Å². The summed E-state index contributed by atoms with van der Waals surface area (Å²) in [7, 11) is -2.58. The van der Waals surface area contributed by atoms with Gasteiger partial charge in [-0.15, -0.1) is 0 Å². The molecule has 0 radical (unpaired) electrons. The van der Waals surface area contributed by atoms with Crippen LogP contribution in [-0.2, 0) is 10.0 Å². The molecule has 0 bridgehead atoms. The number of hydrogen-bond acceptors (Lipinski definition) is 7. The quantitative estimate of drug-likeness (QED) is 0.556. The first-order valence-electron chi connectivity index (χ1n) is 7.18. The molecule has 11 heteroatoms. The van der Waals surface area contributed by atoms with E-state index in [0.717, 1.165) is 12.1 Å². The topological polar surface area (TPSA) is 135 Å². The van der Waals surface area contributed by atoms with Crippen molar-refractivity contribution in [3.63, 3.8) is 0 Å². The van der Waals surface area contributed by atoms with E-state index in [1.807, 2.05) is 0 Å². The molecule has 27 heavy (non-hydrogen) atoms. The molecule has 0 saturated carbocycles. The maximum absolute atomic E-state index is 12.4. The Balaban J connectivity index is 2.30. The predicted molar refractivity (Wildman–Crippen MR) is 99.1 cm³/mol. The molecule has 1 atom stereocenters. The van der Waals surface area contributed by atoms with Crippen molar-refractivity contribution in [3.05, 3.63) is 52.0 Å². The number of ether oxygens (including phenoxy) is 1. The maximum Gasteiger partial charge on any atom is 0.239 e. The number of benzene rings is 2. The highest BCUT2D eigenvalue weighted by Crippen LogP contribution is 2.33. The summed E-state index contributed by atoms with van der Waals surface area (Å²) >= 11 is 11.8. The Morgan fingerprint density at radius 1 is 1.22 bits per heavy atom. The molecule has 2 aromatic carbocycles. The minimum Gasteiger partial charge on any atom is -0.497 e. The van der Waals surface area contributed by atoms with Crippen molar-refractivity contribution in [1.29, 1.82) is 5.26 Å². The molecular weight excluding hydrogens is 415 g/mol. The number of ketones is 1. The van der Waals surface area contributed by atoms with E-state index in [-0.39, 0.29) is 26.2 Å². The zero-order valence-electron chi connectivity index (χ0n) is 13.8. The van der Waals surface area contributed by atoms with Gasteiger partial charge in [0.15, 0.2) is 0 Å². The number of carbonyl (C=O) groups excluding carboxylic acids is 1. The van der Waals surface area contributed by atoms with Gasteiger partial charge in [-0.05, 0) is 36.4 Å². The molecule has 0 saturated heterocycles. The molecule has 0 aliphatic carbocycles. The van der Waals surface area contributed by atoms with Crippen molar-refractivity contribution < 1.29 is 17.9 Å². The molecule has 2 rings (SSSR count). The van der Waals surface area contributed by atoms with Gasteiger partial charge in [0.05, 0.1) is 23.2 Å². The van der Waals surface area contributed by atoms with Gasteiger partial charge in [-0.1, -0.05) is 23.2 Å². The van der Waals surface area contributed by atoms with Gasteiger partial charge in [0, 0.05) is 5.56 Å². The van der Waals surface area contributed by atoms with Crippen LogP contribution in [0.25, 0.3) is 0 Å². The molecule has 1 unspecified atom stereocenters. The number of sulfonamides is 1. The lowest BCUT2D eigenvalue weighted by Gasteiger charge is -2.06. The average molecular weight is 427 g/mol. The third-order valence-corrected chi connectivity index (χ3v) is 5.01. The zero-order chi connectivity index (χ0) is 20.2. The Kier molecular flexibility index (Phi) is 6.51. The SMILES string of the molecule is COc1ccc(C(=O)C(C#N)N=Nc2cc(Cl)c(S(N)(=O)=O)cc2Cl)cc1. The zero-order valence-corrected chi connectivity index (χ0v) is 16.1. The molecular formula is C16H12Cl2N4O4S. The molecule has 0 aliphatic rings. The van der Waals surface area contributed by atoms with Crippen molar-refractivity contribution in [2.24, 2.45) is 15.4 Å². The fourth-order valence-electron chi connectivity index (χ4n) is 1.98. The third kappa shape index (κ3) is 5.02. The van der Waals surface area contributed by atoms with Crippen LogP contribution in [0.15, 0.2) is 51.5 Å². The minimum atomic E-state index is -4.07. The van der Waals surface area contributed by atoms with Crippen molar-refractivity contribution in [3.8, 4) is 11.8 Å². The summed E-state index contributed by atoms with van der Waals surface area (Å²) in [5.74, 6) is -0.0228. The van der Waals surface area contributed by atoms with E-state index < -0.39 is 21.8 Å². The highest BCUT2D eigenvalue weighted by Gasteiger charge is 2.20. The third-order valence-electron chi connectivity index (χ3n) is 3.33. The van der Waals surface area contributed by atoms with Crippen LogP contribution in [-0.4, -0.2) is 27.4 Å². The van der Waals surface area contributed by atoms with Gasteiger partial charge >= 0.3 is 0 Å². The van der Waals surface area contributed by atoms with Gasteiger partial charge in [0.2, 0.25) is 21.8 Å². The first-order chi connectivity index (χ1) is 12.7. The number of azo groups is 1. The number of hydrogen-bond donors (Lipinski definition) is 1. The molecule has 0 fully saturated rings. The van der Waals surface area contributed by atoms with Gasteiger partial charge < -0.3 is 4.74 Å². The first kappa shape index (κ1) is 20.8. The van der Waals surface area contributed by atoms with E-state index >= 15 is 0 Å². The second-order valence-electron chi connectivity index (χ2n) is 5.12. The maximum atomic E-state index is 12.4. The normalized spacial score (nSPS) is 12.6. The highest BCUT2D eigenvalue weighted by molar-refractivity contribution is 7.89. The lowest BCUT2D eigenvalue weighted by Crippen LogP contribution is -2.16. The minimum absolute atomic E-state index is 0.0168. The van der Waals surface area contributed by atoms with E-state index in [0.29, 0.717) is 5.75 Å². The summed E-state index contributed by atoms with van der Waals surface area (Å²) in [6.07, 6.45) is 0. The van der Waals surface area contributed by atoms with Crippen LogP contribution in [0.3, 0.4) is 0 Å². The van der Waals surface area contributed by atoms with Gasteiger partial charge in [0.25, 0.3) is 0 Å². The summed E-state index contributed by atoms with van der Waals surface area (Å²) in [6, 6.07) is 8.57. The summed E-state index contributed by atoms with van der Waals surface area (Å²) in [6.45, 7) is 0. The van der Waals surface area contributed by atoms with Crippen molar-refractivity contribution in [1.82, 2.24) is 0 Å². The molecule has 140 valence electrons. The van der Waals surface area contributed by atoms with E-state index in [1.54, 1.807) is 18.2 Å². The first-order valence-corrected chi connectivity index (χ1v) is 9.48. The number of Topliss-reactive ketones (excluding diaryl/α,β-unsaturated/α-hetero) is 1. The number of nitrogens with two attached hydrogens (primary N) is 1. The molecule has 0 aliphatic heterocycles. The molecule has 0 aromatic heterocycles. The summed E-state index contributed by atoms with van der Waals surface area (Å²) in [4.78, 5) is 12.0. The van der Waals surface area contributed by atoms with E-state index in [4.69, 9.17) is 33.1 Å². The molecule has 0 heterocycles. The number of methoxy groups -OCH3 is 1. The van der Waals surface area contributed by atoms with Crippen LogP contribution in [0.4, 0.5) is 5.69 Å². The number of nitriles is 1. The largest absolute Gasteiger partial charge is 0.497 e. The van der Waals surface area contributed by atoms with Crippen LogP contribution < -0.4 is 9.88 Å². The van der Waals surface area contributed by atoms with E-state index in [9.17, 15) is 18.5 Å². The predicted octanol–water partition coefficient (Wildman–Crippen LogP) is 3.51. The number of nitrogens with zero attached hydrogens (tertiary/aromatic N) is 3. The number of halogens is 2. The second kappa shape index (κ2) is 8.45. The Morgan fingerprint density at radius 3 is 2.37 bits per heavy atom. The van der Waals surface area contributed by atoms with Crippen LogP contribution in [0.2, 0.25) is 10.0 Å². The van der Waals surface area contributed by atoms with E-state index in [2.05, 4.69) is 10.2 Å². The van der Waals surface area contributed by atoms with Gasteiger partial charge in [-0.3, -0.25) is 4.79 Å². The second-order valence-corrected chi connectivity index (χ2v) is 7.46. The van der Waals surface area contributed by atoms with Crippen molar-refractivity contribution in [2.45, 2.75) is 10.9 Å². The fraction of sp³-hybridized carbons (Fsp3) is 0.125. The number of primary sulfonamides is 1. The number of rotatable bonds is 6. The average Bonchev–Trinajstić information content (AvgIpc) is 2.63. The summed E-state index contributed by atoms with van der Waals surface area (Å²) in [5, 5.41) is 21.3. The standard InChI is InChI=1S/C16H12Cl2N4O4S/c1-26-10-4-2-9(3-5-10)16(23)14(8-19)22-21-13-6-12(18)15(7-11(13)17)27(20,24)25/h2-7,14H,1H3,(H2,20,24,25). The summed E-state index contributed by atoms with van der Waals surface area (Å²) in [5.41, 5.74) is 0.229. The molecule has 2 aromatic rings. The lowest BCUT2D eigenvalue weighted by atomic mass is 10.1. The fourth-order valence-corrected chi connectivity index (χ4v) is 3.34. The van der Waals surface area contributed by atoms with Crippen LogP contribution in [0, 0.1) is 11.3 Å². The smallest absolute Gasteiger partial charge is 0.239 e. The summed E-state index contributed by atoms with van der Waals surface area (Å²) < 4.78 is 27.8. The van der Waals surface area contributed by atoms with Crippen LogP contribution in [0.1, 0.15) is 10.4 Å². The Labute approximate surface area is 165 Å². The lowest BCUT2D eigenvalue weighted by molar-refractivity contribution is 0.0979. The molecule has 8 nitrogen and oxygen atoms in total. The Bertz CT molecular complexity index is 1050. The van der Waals surface area contributed by atoms with E-state index in [1.165, 1.54) is 19.2 Å². The van der Waals surface area contributed by atoms with Crippen molar-refractivity contribution >= 4 is 44.7 Å². The molecule has 0 spiro atoms. The van der Waals surface area contributed by atoms with Gasteiger partial charge in [-0.25, -0.2) is 13.6 Å². The van der Waals surface area contributed by atoms with Crippen molar-refractivity contribution in [2.75, 3.05) is 7.11 Å². The van der Waals surface area contributed by atoms with Crippen LogP contribution >= 0.6 is 23.2 Å². The number of carbonyl (C=O) groups is 1. The molecule has 0 amide bonds. The van der Waals surface area contributed by atoms with Crippen LogP contribution in [0.5, 0.6) is 5.75 Å². The molecule has 2 N–H and O–H groups in total. The monoisotopic (exact) mass is 426 g/mol.